The minimum absolute atomic E-state index is 0.898. The summed E-state index contributed by atoms with van der Waals surface area (Å²) in [4.78, 5) is 2.35. The summed E-state index contributed by atoms with van der Waals surface area (Å²) < 4.78 is 15.1. The summed E-state index contributed by atoms with van der Waals surface area (Å²) in [5.41, 5.74) is 16.3. The van der Waals surface area contributed by atoms with Crippen LogP contribution < -0.4 is 4.90 Å². The molecule has 0 aliphatic heterocycles. The molecule has 0 aliphatic rings. The molecule has 3 heterocycles. The molecule has 0 bridgehead atoms. The molecule has 0 atom stereocenters. The quantitative estimate of drug-likeness (QED) is 0.160. The topological polar surface area (TPSA) is 29.5 Å². The summed E-state index contributed by atoms with van der Waals surface area (Å²) >= 11 is 1.86. The van der Waals surface area contributed by atoms with Crippen LogP contribution >= 0.6 is 11.3 Å². The van der Waals surface area contributed by atoms with Gasteiger partial charge in [0.2, 0.25) is 0 Å². The zero-order valence-corrected chi connectivity index (χ0v) is 35.4. The van der Waals surface area contributed by atoms with Crippen LogP contribution in [0.1, 0.15) is 0 Å². The van der Waals surface area contributed by atoms with Crippen molar-refractivity contribution in [2.75, 3.05) is 4.90 Å². The average molecular weight is 836 g/mol. The van der Waals surface area contributed by atoms with Crippen molar-refractivity contribution in [2.45, 2.75) is 0 Å². The normalized spacial score (nSPS) is 11.8. The number of hydrogen-bond donors (Lipinski definition) is 0. The molecule has 3 nitrogen and oxygen atoms in total. The Bertz CT molecular complexity index is 3720. The first-order valence-electron chi connectivity index (χ1n) is 21.6. The zero-order valence-electron chi connectivity index (χ0n) is 34.5. The molecular formula is C60H37NO2S. The Hall–Kier alpha value is -8.18. The lowest BCUT2D eigenvalue weighted by Crippen LogP contribution is -2.09. The zero-order chi connectivity index (χ0) is 42.1. The fourth-order valence-electron chi connectivity index (χ4n) is 9.72. The third-order valence-corrected chi connectivity index (χ3v) is 13.9. The highest BCUT2D eigenvalue weighted by molar-refractivity contribution is 7.25. The van der Waals surface area contributed by atoms with E-state index in [4.69, 9.17) is 8.83 Å². The van der Waals surface area contributed by atoms with Crippen LogP contribution in [0.5, 0.6) is 0 Å². The molecular weight excluding hydrogens is 799 g/mol. The molecule has 13 aromatic rings. The molecule has 0 saturated carbocycles. The highest BCUT2D eigenvalue weighted by Crippen LogP contribution is 2.44. The van der Waals surface area contributed by atoms with E-state index in [2.05, 4.69) is 205 Å². The standard InChI is InChI=1S/C60H37NO2S/c1-4-16-52-49(10-1)58-46(13-7-18-54(58)62-52)40-24-22-38(23-25-40)39-26-32-43(33-27-39)61(44-34-28-41(29-35-44)47-14-8-19-55-59(47)50-11-2-5-17-53(50)63-55)45-36-30-42(31-37-45)48-15-9-21-57-60(48)51-12-3-6-20-56(51)64-57/h1-37H. The van der Waals surface area contributed by atoms with Crippen LogP contribution in [0.15, 0.2) is 233 Å². The van der Waals surface area contributed by atoms with E-state index in [9.17, 15) is 0 Å². The maximum absolute atomic E-state index is 6.26. The van der Waals surface area contributed by atoms with Crippen LogP contribution in [0.2, 0.25) is 0 Å². The molecule has 10 aromatic carbocycles. The summed E-state index contributed by atoms with van der Waals surface area (Å²) in [7, 11) is 0. The molecule has 0 amide bonds. The van der Waals surface area contributed by atoms with Crippen LogP contribution in [-0.2, 0) is 0 Å². The number of nitrogens with zero attached hydrogens (tertiary/aromatic N) is 1. The summed E-state index contributed by atoms with van der Waals surface area (Å²) in [6.45, 7) is 0. The van der Waals surface area contributed by atoms with E-state index in [0.29, 0.717) is 0 Å². The lowest BCUT2D eigenvalue weighted by molar-refractivity contribution is 0.668. The number of hydrogen-bond acceptors (Lipinski definition) is 4. The van der Waals surface area contributed by atoms with Gasteiger partial charge in [-0.25, -0.2) is 0 Å². The molecule has 13 rings (SSSR count). The predicted molar refractivity (Wildman–Crippen MR) is 270 cm³/mol. The van der Waals surface area contributed by atoms with Crippen LogP contribution in [0, 0.1) is 0 Å². The maximum Gasteiger partial charge on any atom is 0.136 e. The van der Waals surface area contributed by atoms with Gasteiger partial charge in [-0.1, -0.05) is 152 Å². The monoisotopic (exact) mass is 835 g/mol. The van der Waals surface area contributed by atoms with Gasteiger partial charge in [0, 0.05) is 58.8 Å². The summed E-state index contributed by atoms with van der Waals surface area (Å²) in [5, 5.41) is 7.19. The second-order valence-electron chi connectivity index (χ2n) is 16.4. The molecule has 0 fully saturated rings. The van der Waals surface area contributed by atoms with Gasteiger partial charge < -0.3 is 13.7 Å². The maximum atomic E-state index is 6.26. The van der Waals surface area contributed by atoms with Crippen molar-refractivity contribution in [2.24, 2.45) is 0 Å². The number of rotatable bonds is 7. The average Bonchev–Trinajstić information content (AvgIpc) is 4.06. The van der Waals surface area contributed by atoms with E-state index < -0.39 is 0 Å². The number of para-hydroxylation sites is 2. The first-order chi connectivity index (χ1) is 31.7. The smallest absolute Gasteiger partial charge is 0.136 e. The molecule has 3 aromatic heterocycles. The minimum Gasteiger partial charge on any atom is -0.456 e. The van der Waals surface area contributed by atoms with E-state index in [1.807, 2.05) is 35.6 Å². The van der Waals surface area contributed by atoms with Gasteiger partial charge in [0.25, 0.3) is 0 Å². The van der Waals surface area contributed by atoms with E-state index in [-0.39, 0.29) is 0 Å². The van der Waals surface area contributed by atoms with Gasteiger partial charge in [0.1, 0.15) is 22.3 Å². The number of fused-ring (bicyclic) bond motifs is 9. The Morgan fingerprint density at radius 1 is 0.266 bits per heavy atom. The predicted octanol–water partition coefficient (Wildman–Crippen LogP) is 18.0. The van der Waals surface area contributed by atoms with Crippen molar-refractivity contribution >= 4 is 92.4 Å². The molecule has 0 saturated heterocycles. The van der Waals surface area contributed by atoms with Gasteiger partial charge in [-0.15, -0.1) is 11.3 Å². The first-order valence-corrected chi connectivity index (χ1v) is 22.5. The molecule has 0 radical (unpaired) electrons. The largest absolute Gasteiger partial charge is 0.456 e. The highest BCUT2D eigenvalue weighted by Gasteiger charge is 2.18. The van der Waals surface area contributed by atoms with Gasteiger partial charge in [-0.05, 0) is 117 Å². The third kappa shape index (κ3) is 5.95. The van der Waals surface area contributed by atoms with Crippen molar-refractivity contribution in [1.29, 1.82) is 0 Å². The van der Waals surface area contributed by atoms with Crippen LogP contribution in [0.4, 0.5) is 17.1 Å². The number of furan rings is 2. The lowest BCUT2D eigenvalue weighted by atomic mass is 9.96. The molecule has 4 heteroatoms. The fourth-order valence-corrected chi connectivity index (χ4v) is 10.9. The molecule has 300 valence electrons. The first kappa shape index (κ1) is 36.5. The number of benzene rings is 10. The highest BCUT2D eigenvalue weighted by atomic mass is 32.1. The van der Waals surface area contributed by atoms with E-state index >= 15 is 0 Å². The number of anilines is 3. The minimum atomic E-state index is 0.898. The Kier molecular flexibility index (Phi) is 8.40. The van der Waals surface area contributed by atoms with Gasteiger partial charge in [-0.3, -0.25) is 0 Å². The van der Waals surface area contributed by atoms with Gasteiger partial charge >= 0.3 is 0 Å². The Morgan fingerprint density at radius 2 is 0.625 bits per heavy atom. The molecule has 64 heavy (non-hydrogen) atoms. The lowest BCUT2D eigenvalue weighted by Gasteiger charge is -2.26. The van der Waals surface area contributed by atoms with Crippen molar-refractivity contribution in [3.63, 3.8) is 0 Å². The number of thiophene rings is 1. The van der Waals surface area contributed by atoms with Gasteiger partial charge in [0.05, 0.1) is 0 Å². The summed E-state index contributed by atoms with van der Waals surface area (Å²) in [5.74, 6) is 0. The summed E-state index contributed by atoms with van der Waals surface area (Å²) in [6, 6.07) is 80.4. The Labute approximate surface area is 373 Å². The fraction of sp³-hybridized carbons (Fsp3) is 0. The molecule has 0 spiro atoms. The van der Waals surface area contributed by atoms with Gasteiger partial charge in [-0.2, -0.15) is 0 Å². The Morgan fingerprint density at radius 3 is 1.14 bits per heavy atom. The molecule has 0 unspecified atom stereocenters. The van der Waals surface area contributed by atoms with Crippen molar-refractivity contribution in [3.05, 3.63) is 224 Å². The molecule has 0 N–H and O–H groups in total. The van der Waals surface area contributed by atoms with Crippen molar-refractivity contribution < 1.29 is 8.83 Å². The van der Waals surface area contributed by atoms with E-state index in [1.165, 1.54) is 36.9 Å². The van der Waals surface area contributed by atoms with Crippen LogP contribution in [0.3, 0.4) is 0 Å². The van der Waals surface area contributed by atoms with Crippen LogP contribution in [0.25, 0.3) is 109 Å². The third-order valence-electron chi connectivity index (χ3n) is 12.7. The second-order valence-corrected chi connectivity index (χ2v) is 17.5. The van der Waals surface area contributed by atoms with Gasteiger partial charge in [0.15, 0.2) is 0 Å². The van der Waals surface area contributed by atoms with E-state index in [1.54, 1.807) is 0 Å². The van der Waals surface area contributed by atoms with Crippen molar-refractivity contribution in [1.82, 2.24) is 0 Å². The SMILES string of the molecule is c1ccc2c(c1)oc1cccc(-c3ccc(-c4ccc(N(c5ccc(-c6cccc7oc8ccccc8c67)cc5)c5ccc(-c6cccc7sc8ccccc8c67)cc5)cc4)cc3)c12. The summed E-state index contributed by atoms with van der Waals surface area (Å²) in [6.07, 6.45) is 0. The molecule has 0 aliphatic carbocycles. The van der Waals surface area contributed by atoms with E-state index in [0.717, 1.165) is 88.8 Å². The Balaban J connectivity index is 0.875. The van der Waals surface area contributed by atoms with Crippen molar-refractivity contribution in [3.8, 4) is 44.5 Å². The second kappa shape index (κ2) is 14.7. The van der Waals surface area contributed by atoms with Crippen LogP contribution in [-0.4, -0.2) is 0 Å².